The maximum Gasteiger partial charge on any atom is 0.203 e. The van der Waals surface area contributed by atoms with Gasteiger partial charge in [-0.15, -0.1) is 0 Å². The fourth-order valence-corrected chi connectivity index (χ4v) is 1.49. The Kier molecular flexibility index (Phi) is 2.58. The van der Waals surface area contributed by atoms with Gasteiger partial charge in [0.15, 0.2) is 6.29 Å². The molecule has 1 aromatic heterocycles. The maximum absolute atomic E-state index is 13.0. The number of rotatable bonds is 3. The topological polar surface area (TPSA) is 50.4 Å². The van der Waals surface area contributed by atoms with Gasteiger partial charge >= 0.3 is 0 Å². The summed E-state index contributed by atoms with van der Waals surface area (Å²) >= 11 is 0. The van der Waals surface area contributed by atoms with Crippen molar-refractivity contribution in [3.8, 4) is 0 Å². The summed E-state index contributed by atoms with van der Waals surface area (Å²) in [5.74, 6) is -0.461. The zero-order valence-electron chi connectivity index (χ0n) is 8.26. The summed E-state index contributed by atoms with van der Waals surface area (Å²) in [4.78, 5) is 11.0. The average Bonchev–Trinajstić information content (AvgIpc) is 2.82. The van der Waals surface area contributed by atoms with Gasteiger partial charge in [0.1, 0.15) is 11.6 Å². The number of halogens is 1. The number of hydrogen-bond donors (Lipinski definition) is 1. The lowest BCUT2D eigenvalue weighted by molar-refractivity contribution is -0.122. The summed E-state index contributed by atoms with van der Waals surface area (Å²) in [6, 6.07) is 8.21. The molecule has 1 atom stereocenters. The summed E-state index contributed by atoms with van der Waals surface area (Å²) in [5, 5.41) is 10.1. The number of hydrogen-bond acceptors (Lipinski definition) is 3. The van der Waals surface area contributed by atoms with E-state index in [9.17, 15) is 14.3 Å². The van der Waals surface area contributed by atoms with Crippen LogP contribution in [-0.4, -0.2) is 11.4 Å². The van der Waals surface area contributed by atoms with Crippen molar-refractivity contribution >= 4 is 6.29 Å². The van der Waals surface area contributed by atoms with Gasteiger partial charge in [0.05, 0.1) is 6.26 Å². The minimum Gasteiger partial charge on any atom is -0.465 e. The van der Waals surface area contributed by atoms with Crippen LogP contribution in [0.15, 0.2) is 47.1 Å². The monoisotopic (exact) mass is 220 g/mol. The van der Waals surface area contributed by atoms with E-state index in [-0.39, 0.29) is 11.3 Å². The van der Waals surface area contributed by atoms with Crippen molar-refractivity contribution in [2.24, 2.45) is 0 Å². The molecule has 16 heavy (non-hydrogen) atoms. The summed E-state index contributed by atoms with van der Waals surface area (Å²) < 4.78 is 18.0. The summed E-state index contributed by atoms with van der Waals surface area (Å²) in [6.07, 6.45) is 1.66. The SMILES string of the molecule is O=CC(O)(c1cccc(F)c1)c1ccco1. The van der Waals surface area contributed by atoms with Crippen LogP contribution in [0.2, 0.25) is 0 Å². The third kappa shape index (κ3) is 1.63. The van der Waals surface area contributed by atoms with Gasteiger partial charge in [0.25, 0.3) is 0 Å². The second-order valence-corrected chi connectivity index (χ2v) is 3.37. The highest BCUT2D eigenvalue weighted by Gasteiger charge is 2.34. The maximum atomic E-state index is 13.0. The second kappa shape index (κ2) is 3.90. The highest BCUT2D eigenvalue weighted by molar-refractivity contribution is 5.70. The number of aliphatic hydroxyl groups is 1. The third-order valence-corrected chi connectivity index (χ3v) is 2.33. The normalized spacial score (nSPS) is 14.4. The molecule has 2 aromatic rings. The smallest absolute Gasteiger partial charge is 0.203 e. The standard InChI is InChI=1S/C12H9FO3/c13-10-4-1-3-9(7-10)12(15,8-14)11-5-2-6-16-11/h1-8,15H. The Balaban J connectivity index is 2.54. The van der Waals surface area contributed by atoms with E-state index in [1.54, 1.807) is 6.07 Å². The summed E-state index contributed by atoms with van der Waals surface area (Å²) in [5.41, 5.74) is -1.80. The van der Waals surface area contributed by atoms with Crippen molar-refractivity contribution in [2.75, 3.05) is 0 Å². The molecule has 82 valence electrons. The molecule has 0 saturated carbocycles. The highest BCUT2D eigenvalue weighted by Crippen LogP contribution is 2.28. The van der Waals surface area contributed by atoms with E-state index < -0.39 is 11.4 Å². The van der Waals surface area contributed by atoms with E-state index >= 15 is 0 Å². The largest absolute Gasteiger partial charge is 0.465 e. The van der Waals surface area contributed by atoms with Gasteiger partial charge in [0.2, 0.25) is 5.60 Å². The molecular formula is C12H9FO3. The Morgan fingerprint density at radius 1 is 1.31 bits per heavy atom. The minimum atomic E-state index is -1.94. The fourth-order valence-electron chi connectivity index (χ4n) is 1.49. The molecule has 4 heteroatoms. The first-order valence-electron chi connectivity index (χ1n) is 4.65. The van der Waals surface area contributed by atoms with Gasteiger partial charge in [-0.3, -0.25) is 4.79 Å². The van der Waals surface area contributed by atoms with Crippen LogP contribution in [0.1, 0.15) is 11.3 Å². The Bertz CT molecular complexity index is 493. The van der Waals surface area contributed by atoms with E-state index in [0.717, 1.165) is 6.07 Å². The Labute approximate surface area is 91.1 Å². The van der Waals surface area contributed by atoms with Crippen LogP contribution in [-0.2, 0) is 10.4 Å². The van der Waals surface area contributed by atoms with Crippen LogP contribution in [0.3, 0.4) is 0 Å². The van der Waals surface area contributed by atoms with Crippen molar-refractivity contribution in [3.63, 3.8) is 0 Å². The summed E-state index contributed by atoms with van der Waals surface area (Å²) in [6.45, 7) is 0. The van der Waals surface area contributed by atoms with E-state index in [0.29, 0.717) is 6.29 Å². The quantitative estimate of drug-likeness (QED) is 0.803. The van der Waals surface area contributed by atoms with Gasteiger partial charge in [-0.2, -0.15) is 0 Å². The van der Waals surface area contributed by atoms with Crippen LogP contribution in [0.25, 0.3) is 0 Å². The molecule has 1 N–H and O–H groups in total. The van der Waals surface area contributed by atoms with Crippen LogP contribution < -0.4 is 0 Å². The lowest BCUT2D eigenvalue weighted by Crippen LogP contribution is -2.28. The molecular weight excluding hydrogens is 211 g/mol. The zero-order chi connectivity index (χ0) is 11.6. The Hall–Kier alpha value is -1.94. The Morgan fingerprint density at radius 3 is 2.69 bits per heavy atom. The zero-order valence-corrected chi connectivity index (χ0v) is 8.26. The van der Waals surface area contributed by atoms with Gasteiger partial charge in [-0.05, 0) is 24.3 Å². The van der Waals surface area contributed by atoms with Crippen LogP contribution >= 0.6 is 0 Å². The number of aldehydes is 1. The van der Waals surface area contributed by atoms with Gasteiger partial charge in [0, 0.05) is 5.56 Å². The van der Waals surface area contributed by atoms with Crippen molar-refractivity contribution in [1.82, 2.24) is 0 Å². The first kappa shape index (κ1) is 10.6. The van der Waals surface area contributed by atoms with E-state index in [2.05, 4.69) is 0 Å². The predicted molar refractivity (Wildman–Crippen MR) is 54.2 cm³/mol. The van der Waals surface area contributed by atoms with Gasteiger partial charge in [-0.1, -0.05) is 12.1 Å². The number of benzene rings is 1. The molecule has 1 heterocycles. The fraction of sp³-hybridized carbons (Fsp3) is 0.0833. The van der Waals surface area contributed by atoms with Crippen LogP contribution in [0.4, 0.5) is 4.39 Å². The molecule has 0 spiro atoms. The molecule has 2 rings (SSSR count). The lowest BCUT2D eigenvalue weighted by Gasteiger charge is -2.19. The van der Waals surface area contributed by atoms with Crippen LogP contribution in [0.5, 0.6) is 0 Å². The molecule has 0 aliphatic heterocycles. The first-order chi connectivity index (χ1) is 7.66. The highest BCUT2D eigenvalue weighted by atomic mass is 19.1. The number of carbonyl (C=O) groups excluding carboxylic acids is 1. The van der Waals surface area contributed by atoms with Crippen molar-refractivity contribution < 1.29 is 18.7 Å². The molecule has 0 bridgehead atoms. The molecule has 0 radical (unpaired) electrons. The second-order valence-electron chi connectivity index (χ2n) is 3.37. The van der Waals surface area contributed by atoms with Crippen molar-refractivity contribution in [1.29, 1.82) is 0 Å². The molecule has 1 unspecified atom stereocenters. The molecule has 0 aliphatic rings. The molecule has 0 fully saturated rings. The molecule has 1 aromatic carbocycles. The molecule has 0 saturated heterocycles. The van der Waals surface area contributed by atoms with Crippen molar-refractivity contribution in [2.45, 2.75) is 5.60 Å². The van der Waals surface area contributed by atoms with E-state index in [1.165, 1.54) is 30.5 Å². The van der Waals surface area contributed by atoms with Crippen LogP contribution in [0, 0.1) is 5.82 Å². The minimum absolute atomic E-state index is 0.0631. The lowest BCUT2D eigenvalue weighted by atomic mass is 9.93. The Morgan fingerprint density at radius 2 is 2.12 bits per heavy atom. The van der Waals surface area contributed by atoms with Gasteiger partial charge < -0.3 is 9.52 Å². The number of carbonyl (C=O) groups is 1. The van der Waals surface area contributed by atoms with E-state index in [4.69, 9.17) is 4.42 Å². The summed E-state index contributed by atoms with van der Waals surface area (Å²) in [7, 11) is 0. The number of furan rings is 1. The molecule has 3 nitrogen and oxygen atoms in total. The van der Waals surface area contributed by atoms with E-state index in [1.807, 2.05) is 0 Å². The van der Waals surface area contributed by atoms with Gasteiger partial charge in [-0.25, -0.2) is 4.39 Å². The predicted octanol–water partition coefficient (Wildman–Crippen LogP) is 1.85. The average molecular weight is 220 g/mol. The molecule has 0 aliphatic carbocycles. The van der Waals surface area contributed by atoms with Crippen molar-refractivity contribution in [3.05, 3.63) is 59.8 Å². The third-order valence-electron chi connectivity index (χ3n) is 2.33. The first-order valence-corrected chi connectivity index (χ1v) is 4.65. The molecule has 0 amide bonds.